The van der Waals surface area contributed by atoms with Gasteiger partial charge < -0.3 is 5.32 Å². The molecule has 1 saturated heterocycles. The molecular formula is C16H16ClN3O. The molecule has 4 nitrogen and oxygen atoms in total. The molecule has 0 aliphatic carbocycles. The quantitative estimate of drug-likeness (QED) is 0.886. The summed E-state index contributed by atoms with van der Waals surface area (Å²) >= 11 is 5.87. The van der Waals surface area contributed by atoms with Gasteiger partial charge in [0.2, 0.25) is 5.91 Å². The predicted octanol–water partition coefficient (Wildman–Crippen LogP) is 2.88. The molecule has 1 N–H and O–H groups in total. The summed E-state index contributed by atoms with van der Waals surface area (Å²) < 4.78 is 1.86. The molecule has 5 heteroatoms. The number of benzene rings is 1. The summed E-state index contributed by atoms with van der Waals surface area (Å²) in [6.45, 7) is 1.45. The van der Waals surface area contributed by atoms with Crippen LogP contribution in [-0.4, -0.2) is 22.2 Å². The Morgan fingerprint density at radius 2 is 2.10 bits per heavy atom. The lowest BCUT2D eigenvalue weighted by Gasteiger charge is -2.13. The average molecular weight is 302 g/mol. The van der Waals surface area contributed by atoms with Crippen LogP contribution in [0.25, 0.3) is 6.08 Å². The number of hydrogen-bond donors (Lipinski definition) is 1. The first kappa shape index (κ1) is 13.9. The number of halogens is 1. The van der Waals surface area contributed by atoms with Gasteiger partial charge in [-0.15, -0.1) is 0 Å². The minimum absolute atomic E-state index is 0.0218. The van der Waals surface area contributed by atoms with Crippen molar-refractivity contribution in [3.63, 3.8) is 0 Å². The fourth-order valence-electron chi connectivity index (χ4n) is 2.34. The molecule has 3 rings (SSSR count). The van der Waals surface area contributed by atoms with Gasteiger partial charge >= 0.3 is 0 Å². The van der Waals surface area contributed by atoms with Crippen LogP contribution in [0.4, 0.5) is 0 Å². The van der Waals surface area contributed by atoms with Gasteiger partial charge in [0.25, 0.3) is 0 Å². The van der Waals surface area contributed by atoms with Crippen molar-refractivity contribution in [2.24, 2.45) is 0 Å². The first-order chi connectivity index (χ1) is 10.2. The number of hydrogen-bond acceptors (Lipinski definition) is 2. The van der Waals surface area contributed by atoms with Crippen LogP contribution in [-0.2, 0) is 11.3 Å². The van der Waals surface area contributed by atoms with Crippen molar-refractivity contribution in [3.05, 3.63) is 58.4 Å². The zero-order chi connectivity index (χ0) is 14.7. The summed E-state index contributed by atoms with van der Waals surface area (Å²) in [7, 11) is 0. The van der Waals surface area contributed by atoms with Crippen LogP contribution in [0.15, 0.2) is 42.1 Å². The maximum absolute atomic E-state index is 11.7. The van der Waals surface area contributed by atoms with E-state index >= 15 is 0 Å². The molecule has 2 heterocycles. The molecule has 2 aromatic rings. The van der Waals surface area contributed by atoms with Gasteiger partial charge in [-0.25, -0.2) is 0 Å². The van der Waals surface area contributed by atoms with Crippen LogP contribution in [0.3, 0.4) is 0 Å². The molecule has 0 atom stereocenters. The Kier molecular flexibility index (Phi) is 4.06. The second kappa shape index (κ2) is 6.14. The number of nitrogens with zero attached hydrogens (tertiary/aromatic N) is 2. The number of carbonyl (C=O) groups is 1. The van der Waals surface area contributed by atoms with Crippen LogP contribution in [0.5, 0.6) is 0 Å². The van der Waals surface area contributed by atoms with Gasteiger partial charge in [0.1, 0.15) is 0 Å². The van der Waals surface area contributed by atoms with Crippen molar-refractivity contribution in [2.45, 2.75) is 19.4 Å². The van der Waals surface area contributed by atoms with Gasteiger partial charge in [-0.2, -0.15) is 5.10 Å². The Bertz CT molecular complexity index is 673. The smallest absolute Gasteiger partial charge is 0.247 e. The van der Waals surface area contributed by atoms with Gasteiger partial charge in [-0.05, 0) is 42.7 Å². The van der Waals surface area contributed by atoms with Crippen molar-refractivity contribution in [1.29, 1.82) is 0 Å². The standard InChI is InChI=1S/C16H16ClN3O/c17-14-5-3-12(4-6-14)11-20-9-7-15(19-20)10-13-2-1-8-18-16(13)21/h3-7,9-10H,1-2,8,11H2,(H,18,21)/b13-10+. The van der Waals surface area contributed by atoms with Gasteiger partial charge in [-0.3, -0.25) is 9.48 Å². The molecule has 0 bridgehead atoms. The number of carbonyl (C=O) groups excluding carboxylic acids is 1. The molecular weight excluding hydrogens is 286 g/mol. The summed E-state index contributed by atoms with van der Waals surface area (Å²) in [6.07, 6.45) is 5.59. The fraction of sp³-hybridized carbons (Fsp3) is 0.250. The second-order valence-corrected chi connectivity index (χ2v) is 5.53. The van der Waals surface area contributed by atoms with Gasteiger partial charge in [0.15, 0.2) is 0 Å². The third-order valence-electron chi connectivity index (χ3n) is 3.44. The van der Waals surface area contributed by atoms with Crippen molar-refractivity contribution in [2.75, 3.05) is 6.54 Å². The van der Waals surface area contributed by atoms with Crippen molar-refractivity contribution < 1.29 is 4.79 Å². The normalized spacial score (nSPS) is 17.0. The lowest BCUT2D eigenvalue weighted by Crippen LogP contribution is -2.30. The van der Waals surface area contributed by atoms with E-state index in [0.717, 1.165) is 41.2 Å². The molecule has 108 valence electrons. The molecule has 0 unspecified atom stereocenters. The molecule has 1 aliphatic heterocycles. The van der Waals surface area contributed by atoms with E-state index in [4.69, 9.17) is 11.6 Å². The van der Waals surface area contributed by atoms with E-state index in [0.29, 0.717) is 6.54 Å². The van der Waals surface area contributed by atoms with Gasteiger partial charge in [-0.1, -0.05) is 23.7 Å². The second-order valence-electron chi connectivity index (χ2n) is 5.09. The molecule has 1 aromatic carbocycles. The average Bonchev–Trinajstić information content (AvgIpc) is 2.91. The first-order valence-corrected chi connectivity index (χ1v) is 7.35. The molecule has 0 saturated carbocycles. The Labute approximate surface area is 128 Å². The number of amides is 1. The van der Waals surface area contributed by atoms with E-state index in [9.17, 15) is 4.79 Å². The van der Waals surface area contributed by atoms with Crippen LogP contribution in [0, 0.1) is 0 Å². The lowest BCUT2D eigenvalue weighted by molar-refractivity contribution is -0.118. The van der Waals surface area contributed by atoms with Crippen LogP contribution in [0.1, 0.15) is 24.1 Å². The highest BCUT2D eigenvalue weighted by Gasteiger charge is 2.14. The van der Waals surface area contributed by atoms with Gasteiger partial charge in [0.05, 0.1) is 12.2 Å². The van der Waals surface area contributed by atoms with Crippen molar-refractivity contribution >= 4 is 23.6 Å². The van der Waals surface area contributed by atoms with Crippen molar-refractivity contribution in [1.82, 2.24) is 15.1 Å². The van der Waals surface area contributed by atoms with Crippen LogP contribution < -0.4 is 5.32 Å². The topological polar surface area (TPSA) is 46.9 Å². The zero-order valence-electron chi connectivity index (χ0n) is 11.6. The van der Waals surface area contributed by atoms with Crippen molar-refractivity contribution in [3.8, 4) is 0 Å². The highest BCUT2D eigenvalue weighted by molar-refractivity contribution is 6.30. The largest absolute Gasteiger partial charge is 0.352 e. The molecule has 1 amide bonds. The van der Waals surface area contributed by atoms with E-state index in [1.54, 1.807) is 0 Å². The zero-order valence-corrected chi connectivity index (χ0v) is 12.3. The summed E-state index contributed by atoms with van der Waals surface area (Å²) in [5.41, 5.74) is 2.76. The van der Waals surface area contributed by atoms with E-state index < -0.39 is 0 Å². The molecule has 0 spiro atoms. The Morgan fingerprint density at radius 3 is 2.86 bits per heavy atom. The lowest BCUT2D eigenvalue weighted by atomic mass is 10.0. The molecule has 21 heavy (non-hydrogen) atoms. The molecule has 1 fully saturated rings. The third kappa shape index (κ3) is 3.52. The van der Waals surface area contributed by atoms with Gasteiger partial charge in [0, 0.05) is 23.3 Å². The van der Waals surface area contributed by atoms with Crippen LogP contribution in [0.2, 0.25) is 5.02 Å². The first-order valence-electron chi connectivity index (χ1n) is 6.97. The van der Waals surface area contributed by atoms with E-state index in [2.05, 4.69) is 10.4 Å². The number of nitrogens with one attached hydrogen (secondary N) is 1. The summed E-state index contributed by atoms with van der Waals surface area (Å²) in [4.78, 5) is 11.7. The minimum atomic E-state index is 0.0218. The van der Waals surface area contributed by atoms with E-state index in [-0.39, 0.29) is 5.91 Å². The Hall–Kier alpha value is -2.07. The Morgan fingerprint density at radius 1 is 1.29 bits per heavy atom. The summed E-state index contributed by atoms with van der Waals surface area (Å²) in [6, 6.07) is 9.63. The van der Waals surface area contributed by atoms with Crippen LogP contribution >= 0.6 is 11.6 Å². The molecule has 1 aliphatic rings. The van der Waals surface area contributed by atoms with E-state index in [1.807, 2.05) is 47.3 Å². The third-order valence-corrected chi connectivity index (χ3v) is 3.69. The number of piperidine rings is 1. The van der Waals surface area contributed by atoms with E-state index in [1.165, 1.54) is 0 Å². The predicted molar refractivity (Wildman–Crippen MR) is 83.0 cm³/mol. The maximum Gasteiger partial charge on any atom is 0.247 e. The number of rotatable bonds is 3. The number of aromatic nitrogens is 2. The highest BCUT2D eigenvalue weighted by Crippen LogP contribution is 2.15. The monoisotopic (exact) mass is 301 g/mol. The fourth-order valence-corrected chi connectivity index (χ4v) is 2.47. The summed E-state index contributed by atoms with van der Waals surface area (Å²) in [5, 5.41) is 8.06. The minimum Gasteiger partial charge on any atom is -0.352 e. The SMILES string of the molecule is O=C1NCCC/C1=C\c1ccn(Cc2ccc(Cl)cc2)n1. The highest BCUT2D eigenvalue weighted by atomic mass is 35.5. The Balaban J connectivity index is 1.72. The maximum atomic E-state index is 11.7. The molecule has 0 radical (unpaired) electrons. The molecule has 1 aromatic heterocycles. The summed E-state index contributed by atoms with van der Waals surface area (Å²) in [5.74, 6) is 0.0218.